The second kappa shape index (κ2) is 7.69. The van der Waals surface area contributed by atoms with Gasteiger partial charge in [-0.1, -0.05) is 11.6 Å². The molecule has 1 aromatic heterocycles. The highest BCUT2D eigenvalue weighted by Gasteiger charge is 2.19. The van der Waals surface area contributed by atoms with E-state index in [2.05, 4.69) is 25.4 Å². The van der Waals surface area contributed by atoms with Gasteiger partial charge in [0, 0.05) is 31.4 Å². The molecule has 24 heavy (non-hydrogen) atoms. The Morgan fingerprint density at radius 3 is 2.96 bits per heavy atom. The van der Waals surface area contributed by atoms with Gasteiger partial charge in [-0.15, -0.1) is 5.10 Å². The standard InChI is InChI=1S/C15H21ClN6O2/c1-23-13-8-10(2-3-11(13)16)18-12(9-17)14-19-15(21-20-14)22-4-6-24-7-5-22/h2-3,8,12,18H,4-7,9,17H2,1H3,(H,19,20,21). The molecule has 2 aromatic rings. The molecule has 0 saturated carbocycles. The summed E-state index contributed by atoms with van der Waals surface area (Å²) in [5.74, 6) is 1.96. The minimum atomic E-state index is -0.196. The molecule has 8 nitrogen and oxygen atoms in total. The molecule has 3 rings (SSSR count). The first-order chi connectivity index (χ1) is 11.7. The number of rotatable bonds is 6. The highest BCUT2D eigenvalue weighted by Crippen LogP contribution is 2.29. The van der Waals surface area contributed by atoms with Gasteiger partial charge in [0.05, 0.1) is 31.4 Å². The molecule has 0 amide bonds. The predicted molar refractivity (Wildman–Crippen MR) is 92.8 cm³/mol. The van der Waals surface area contributed by atoms with Gasteiger partial charge in [0.25, 0.3) is 0 Å². The van der Waals surface area contributed by atoms with Gasteiger partial charge in [-0.05, 0) is 12.1 Å². The summed E-state index contributed by atoms with van der Waals surface area (Å²) >= 11 is 6.05. The van der Waals surface area contributed by atoms with Gasteiger partial charge >= 0.3 is 0 Å². The summed E-state index contributed by atoms with van der Waals surface area (Å²) in [5, 5.41) is 11.1. The van der Waals surface area contributed by atoms with Crippen LogP contribution < -0.4 is 20.7 Å². The van der Waals surface area contributed by atoms with Gasteiger partial charge in [0.15, 0.2) is 0 Å². The lowest BCUT2D eigenvalue weighted by Gasteiger charge is -2.25. The zero-order chi connectivity index (χ0) is 16.9. The van der Waals surface area contributed by atoms with Crippen LogP contribution in [-0.4, -0.2) is 55.1 Å². The van der Waals surface area contributed by atoms with Crippen molar-refractivity contribution in [3.05, 3.63) is 29.0 Å². The molecule has 0 aliphatic carbocycles. The number of benzene rings is 1. The van der Waals surface area contributed by atoms with E-state index in [9.17, 15) is 0 Å². The number of H-pyrrole nitrogens is 1. The number of nitrogens with zero attached hydrogens (tertiary/aromatic N) is 3. The number of anilines is 2. The van der Waals surface area contributed by atoms with Crippen molar-refractivity contribution in [1.82, 2.24) is 15.2 Å². The van der Waals surface area contributed by atoms with Crippen molar-refractivity contribution >= 4 is 23.2 Å². The average molecular weight is 353 g/mol. The number of morpholine rings is 1. The lowest BCUT2D eigenvalue weighted by Crippen LogP contribution is -2.37. The second-order valence-corrected chi connectivity index (χ2v) is 5.81. The van der Waals surface area contributed by atoms with E-state index in [1.54, 1.807) is 13.2 Å². The van der Waals surface area contributed by atoms with Crippen LogP contribution in [0.15, 0.2) is 18.2 Å². The summed E-state index contributed by atoms with van der Waals surface area (Å²) in [6.07, 6.45) is 0. The molecule has 1 saturated heterocycles. The Morgan fingerprint density at radius 2 is 2.25 bits per heavy atom. The summed E-state index contributed by atoms with van der Waals surface area (Å²) in [4.78, 5) is 6.65. The van der Waals surface area contributed by atoms with Crippen LogP contribution in [-0.2, 0) is 4.74 Å². The monoisotopic (exact) mass is 352 g/mol. The molecule has 1 aromatic carbocycles. The van der Waals surface area contributed by atoms with Crippen molar-refractivity contribution < 1.29 is 9.47 Å². The van der Waals surface area contributed by atoms with Crippen molar-refractivity contribution in [2.24, 2.45) is 5.73 Å². The third-order valence-electron chi connectivity index (χ3n) is 3.84. The normalized spacial score (nSPS) is 16.0. The lowest BCUT2D eigenvalue weighted by atomic mass is 10.2. The van der Waals surface area contributed by atoms with Crippen LogP contribution >= 0.6 is 11.6 Å². The van der Waals surface area contributed by atoms with Gasteiger partial charge in [-0.2, -0.15) is 4.98 Å². The summed E-state index contributed by atoms with van der Waals surface area (Å²) in [6, 6.07) is 5.27. The largest absolute Gasteiger partial charge is 0.495 e. The third kappa shape index (κ3) is 3.72. The van der Waals surface area contributed by atoms with Gasteiger partial charge in [0.2, 0.25) is 5.95 Å². The molecular weight excluding hydrogens is 332 g/mol. The predicted octanol–water partition coefficient (Wildman–Crippen LogP) is 1.42. The molecule has 1 atom stereocenters. The number of aromatic amines is 1. The van der Waals surface area contributed by atoms with E-state index in [0.717, 1.165) is 18.8 Å². The third-order valence-corrected chi connectivity index (χ3v) is 4.15. The minimum absolute atomic E-state index is 0.196. The quantitative estimate of drug-likeness (QED) is 0.722. The summed E-state index contributed by atoms with van der Waals surface area (Å²) < 4.78 is 10.6. The van der Waals surface area contributed by atoms with Gasteiger partial charge < -0.3 is 25.4 Å². The van der Waals surface area contributed by atoms with E-state index >= 15 is 0 Å². The van der Waals surface area contributed by atoms with E-state index in [4.69, 9.17) is 26.8 Å². The highest BCUT2D eigenvalue weighted by atomic mass is 35.5. The van der Waals surface area contributed by atoms with Crippen molar-refractivity contribution in [3.63, 3.8) is 0 Å². The maximum absolute atomic E-state index is 6.05. The van der Waals surface area contributed by atoms with Crippen molar-refractivity contribution in [2.75, 3.05) is 50.2 Å². The lowest BCUT2D eigenvalue weighted by molar-refractivity contribution is 0.122. The first-order valence-corrected chi connectivity index (χ1v) is 8.14. The Morgan fingerprint density at radius 1 is 1.46 bits per heavy atom. The topological polar surface area (TPSA) is 101 Å². The molecule has 1 aliphatic heterocycles. The van der Waals surface area contributed by atoms with Crippen molar-refractivity contribution in [2.45, 2.75) is 6.04 Å². The molecule has 1 fully saturated rings. The zero-order valence-electron chi connectivity index (χ0n) is 13.5. The minimum Gasteiger partial charge on any atom is -0.495 e. The van der Waals surface area contributed by atoms with Gasteiger partial charge in [-0.3, -0.25) is 5.10 Å². The number of nitrogens with one attached hydrogen (secondary N) is 2. The molecule has 1 aliphatic rings. The first kappa shape index (κ1) is 16.8. The fraction of sp³-hybridized carbons (Fsp3) is 0.467. The Labute approximate surface area is 145 Å². The molecule has 0 spiro atoms. The summed E-state index contributed by atoms with van der Waals surface area (Å²) in [6.45, 7) is 3.31. The average Bonchev–Trinajstić information content (AvgIpc) is 3.11. The number of hydrogen-bond donors (Lipinski definition) is 3. The maximum Gasteiger partial charge on any atom is 0.244 e. The highest BCUT2D eigenvalue weighted by molar-refractivity contribution is 6.32. The van der Waals surface area contributed by atoms with Gasteiger partial charge in [-0.25, -0.2) is 0 Å². The molecule has 2 heterocycles. The van der Waals surface area contributed by atoms with E-state index in [-0.39, 0.29) is 6.04 Å². The maximum atomic E-state index is 6.05. The number of nitrogens with two attached hydrogens (primary N) is 1. The fourth-order valence-corrected chi connectivity index (χ4v) is 2.71. The summed E-state index contributed by atoms with van der Waals surface area (Å²) in [5.41, 5.74) is 6.74. The first-order valence-electron chi connectivity index (χ1n) is 7.76. The van der Waals surface area contributed by atoms with Crippen LogP contribution in [0.3, 0.4) is 0 Å². The van der Waals surface area contributed by atoms with Crippen LogP contribution in [0.5, 0.6) is 5.75 Å². The number of methoxy groups -OCH3 is 1. The smallest absolute Gasteiger partial charge is 0.244 e. The van der Waals surface area contributed by atoms with Crippen LogP contribution in [0.2, 0.25) is 5.02 Å². The Balaban J connectivity index is 1.73. The summed E-state index contributed by atoms with van der Waals surface area (Å²) in [7, 11) is 1.58. The number of hydrogen-bond acceptors (Lipinski definition) is 7. The Kier molecular flexibility index (Phi) is 5.39. The van der Waals surface area contributed by atoms with Crippen molar-refractivity contribution in [1.29, 1.82) is 0 Å². The van der Waals surface area contributed by atoms with E-state index in [1.165, 1.54) is 0 Å². The zero-order valence-corrected chi connectivity index (χ0v) is 14.2. The van der Waals surface area contributed by atoms with Crippen LogP contribution in [0.25, 0.3) is 0 Å². The molecule has 4 N–H and O–H groups in total. The molecule has 0 radical (unpaired) electrons. The van der Waals surface area contributed by atoms with Crippen molar-refractivity contribution in [3.8, 4) is 5.75 Å². The number of halogens is 1. The van der Waals surface area contributed by atoms with E-state index in [0.29, 0.717) is 42.3 Å². The Hall–Kier alpha value is -2.03. The molecule has 9 heteroatoms. The molecule has 0 bridgehead atoms. The SMILES string of the molecule is COc1cc(NC(CN)c2nc(N3CCOCC3)n[nH]2)ccc1Cl. The van der Waals surface area contributed by atoms with Gasteiger partial charge in [0.1, 0.15) is 11.6 Å². The Bertz CT molecular complexity index is 674. The van der Waals surface area contributed by atoms with E-state index < -0.39 is 0 Å². The van der Waals surface area contributed by atoms with Crippen LogP contribution in [0, 0.1) is 0 Å². The number of ether oxygens (including phenoxy) is 2. The molecule has 1 unspecified atom stereocenters. The number of aromatic nitrogens is 3. The second-order valence-electron chi connectivity index (χ2n) is 5.40. The molecular formula is C15H21ClN6O2. The van der Waals surface area contributed by atoms with Crippen LogP contribution in [0.1, 0.15) is 11.9 Å². The molecule has 130 valence electrons. The fourth-order valence-electron chi connectivity index (χ4n) is 2.52. The van der Waals surface area contributed by atoms with E-state index in [1.807, 2.05) is 12.1 Å². The van der Waals surface area contributed by atoms with Crippen LogP contribution in [0.4, 0.5) is 11.6 Å².